The molecule has 1 aliphatic carbocycles. The van der Waals surface area contributed by atoms with E-state index in [9.17, 15) is 8.42 Å². The number of hydrogen-bond donors (Lipinski definition) is 0. The fraction of sp³-hybridized carbons (Fsp3) is 0. The SMILES string of the molecule is O=S1(=O)N=C2C(=N1)c1cccc3cccc2c13. The smallest absolute Gasteiger partial charge is 0.179 e. The topological polar surface area (TPSA) is 58.9 Å². The summed E-state index contributed by atoms with van der Waals surface area (Å²) >= 11 is 0. The van der Waals surface area contributed by atoms with Crippen molar-refractivity contribution in [1.82, 2.24) is 0 Å². The molecule has 82 valence electrons. The summed E-state index contributed by atoms with van der Waals surface area (Å²) in [5.41, 5.74) is 2.68. The lowest BCUT2D eigenvalue weighted by molar-refractivity contribution is 0.601. The highest BCUT2D eigenvalue weighted by atomic mass is 32.2. The van der Waals surface area contributed by atoms with Crippen LogP contribution in [0.15, 0.2) is 45.2 Å². The third-order valence-corrected chi connectivity index (χ3v) is 3.88. The van der Waals surface area contributed by atoms with Crippen molar-refractivity contribution in [2.75, 3.05) is 0 Å². The summed E-state index contributed by atoms with van der Waals surface area (Å²) in [6.45, 7) is 0. The Morgan fingerprint density at radius 1 is 0.824 bits per heavy atom. The minimum atomic E-state index is -3.67. The lowest BCUT2D eigenvalue weighted by Crippen LogP contribution is -2.05. The van der Waals surface area contributed by atoms with Crippen molar-refractivity contribution >= 4 is 32.4 Å². The second-order valence-electron chi connectivity index (χ2n) is 4.04. The van der Waals surface area contributed by atoms with Crippen LogP contribution in [0.25, 0.3) is 10.8 Å². The van der Waals surface area contributed by atoms with E-state index in [0.29, 0.717) is 11.4 Å². The third-order valence-electron chi connectivity index (χ3n) is 3.05. The number of benzene rings is 2. The quantitative estimate of drug-likeness (QED) is 0.705. The van der Waals surface area contributed by atoms with E-state index in [0.717, 1.165) is 21.9 Å². The Kier molecular flexibility index (Phi) is 1.40. The largest absolute Gasteiger partial charge is 0.364 e. The van der Waals surface area contributed by atoms with Crippen LogP contribution < -0.4 is 0 Å². The summed E-state index contributed by atoms with van der Waals surface area (Å²) in [6.07, 6.45) is 0. The predicted molar refractivity (Wildman–Crippen MR) is 65.9 cm³/mol. The second kappa shape index (κ2) is 2.62. The van der Waals surface area contributed by atoms with Crippen LogP contribution in [0.4, 0.5) is 0 Å². The molecule has 5 heteroatoms. The van der Waals surface area contributed by atoms with Crippen molar-refractivity contribution in [2.45, 2.75) is 0 Å². The maximum atomic E-state index is 11.4. The van der Waals surface area contributed by atoms with E-state index < -0.39 is 10.2 Å². The molecular weight excluding hydrogens is 236 g/mol. The van der Waals surface area contributed by atoms with E-state index in [2.05, 4.69) is 8.80 Å². The molecule has 4 rings (SSSR count). The van der Waals surface area contributed by atoms with Crippen LogP contribution in [0.3, 0.4) is 0 Å². The Hall–Kier alpha value is -2.01. The van der Waals surface area contributed by atoms with Gasteiger partial charge in [-0.3, -0.25) is 0 Å². The molecule has 1 aliphatic heterocycles. The van der Waals surface area contributed by atoms with Gasteiger partial charge in [-0.15, -0.1) is 8.80 Å². The van der Waals surface area contributed by atoms with E-state index in [-0.39, 0.29) is 0 Å². The molecule has 17 heavy (non-hydrogen) atoms. The average molecular weight is 242 g/mol. The van der Waals surface area contributed by atoms with Crippen LogP contribution in [-0.2, 0) is 10.2 Å². The minimum absolute atomic E-state index is 0.483. The van der Waals surface area contributed by atoms with Crippen LogP contribution in [-0.4, -0.2) is 19.8 Å². The fourth-order valence-corrected chi connectivity index (χ4v) is 3.30. The molecule has 2 aromatic carbocycles. The molecule has 2 aromatic rings. The van der Waals surface area contributed by atoms with Gasteiger partial charge in [0, 0.05) is 16.5 Å². The van der Waals surface area contributed by atoms with Crippen LogP contribution in [0, 0.1) is 0 Å². The van der Waals surface area contributed by atoms with Gasteiger partial charge in [-0.1, -0.05) is 36.4 Å². The molecule has 0 saturated carbocycles. The first-order valence-electron chi connectivity index (χ1n) is 5.13. The molecule has 0 bridgehead atoms. The van der Waals surface area contributed by atoms with E-state index >= 15 is 0 Å². The lowest BCUT2D eigenvalue weighted by Gasteiger charge is -1.99. The van der Waals surface area contributed by atoms with E-state index in [1.807, 2.05) is 36.4 Å². The van der Waals surface area contributed by atoms with E-state index in [1.165, 1.54) is 0 Å². The Bertz CT molecular complexity index is 787. The van der Waals surface area contributed by atoms with E-state index in [1.54, 1.807) is 0 Å². The van der Waals surface area contributed by atoms with Gasteiger partial charge in [0.15, 0.2) is 0 Å². The van der Waals surface area contributed by atoms with Crippen molar-refractivity contribution in [1.29, 1.82) is 0 Å². The first-order chi connectivity index (χ1) is 8.16. The molecule has 0 N–H and O–H groups in total. The minimum Gasteiger partial charge on any atom is -0.179 e. The molecule has 0 aromatic heterocycles. The van der Waals surface area contributed by atoms with Crippen LogP contribution in [0.2, 0.25) is 0 Å². The van der Waals surface area contributed by atoms with Gasteiger partial charge in [-0.05, 0) is 5.39 Å². The number of hydrogen-bond acceptors (Lipinski definition) is 2. The van der Waals surface area contributed by atoms with Crippen LogP contribution in [0.5, 0.6) is 0 Å². The first-order valence-corrected chi connectivity index (χ1v) is 6.53. The molecule has 2 aliphatic rings. The number of rotatable bonds is 0. The summed E-state index contributed by atoms with van der Waals surface area (Å²) in [5, 5.41) is 2.12. The maximum absolute atomic E-state index is 11.4. The first kappa shape index (κ1) is 9.07. The molecule has 4 nitrogen and oxygen atoms in total. The fourth-order valence-electron chi connectivity index (χ4n) is 2.43. The van der Waals surface area contributed by atoms with Gasteiger partial charge < -0.3 is 0 Å². The van der Waals surface area contributed by atoms with Crippen molar-refractivity contribution in [3.05, 3.63) is 47.5 Å². The highest BCUT2D eigenvalue weighted by Crippen LogP contribution is 2.34. The normalized spacial score (nSPS) is 19.1. The summed E-state index contributed by atoms with van der Waals surface area (Å²) in [7, 11) is -3.67. The zero-order valence-electron chi connectivity index (χ0n) is 8.58. The van der Waals surface area contributed by atoms with Crippen molar-refractivity contribution < 1.29 is 8.42 Å². The molecular formula is C12H6N2O2S. The van der Waals surface area contributed by atoms with Crippen LogP contribution >= 0.6 is 0 Å². The zero-order valence-corrected chi connectivity index (χ0v) is 9.40. The molecule has 0 amide bonds. The maximum Gasteiger partial charge on any atom is 0.364 e. The Labute approximate surface area is 97.5 Å². The van der Waals surface area contributed by atoms with Gasteiger partial charge in [0.25, 0.3) is 0 Å². The Morgan fingerprint density at radius 2 is 1.35 bits per heavy atom. The van der Waals surface area contributed by atoms with Gasteiger partial charge in [0.05, 0.1) is 0 Å². The molecule has 0 unspecified atom stereocenters. The Morgan fingerprint density at radius 3 is 1.88 bits per heavy atom. The summed E-state index contributed by atoms with van der Waals surface area (Å²) in [6, 6.07) is 11.6. The Balaban J connectivity index is 2.26. The number of nitrogens with zero attached hydrogens (tertiary/aromatic N) is 2. The summed E-state index contributed by atoms with van der Waals surface area (Å²) in [5.74, 6) is 0. The van der Waals surface area contributed by atoms with Crippen molar-refractivity contribution in [2.24, 2.45) is 8.80 Å². The zero-order chi connectivity index (χ0) is 11.6. The molecule has 0 spiro atoms. The van der Waals surface area contributed by atoms with Crippen molar-refractivity contribution in [3.63, 3.8) is 0 Å². The highest BCUT2D eigenvalue weighted by Gasteiger charge is 2.34. The van der Waals surface area contributed by atoms with Gasteiger partial charge in [0.1, 0.15) is 11.4 Å². The van der Waals surface area contributed by atoms with Gasteiger partial charge >= 0.3 is 10.2 Å². The lowest BCUT2D eigenvalue weighted by atomic mass is 10.1. The predicted octanol–water partition coefficient (Wildman–Crippen LogP) is 1.69. The molecule has 1 heterocycles. The van der Waals surface area contributed by atoms with E-state index in [4.69, 9.17) is 0 Å². The van der Waals surface area contributed by atoms with Crippen LogP contribution in [0.1, 0.15) is 11.1 Å². The molecule has 0 fully saturated rings. The van der Waals surface area contributed by atoms with Crippen molar-refractivity contribution in [3.8, 4) is 0 Å². The average Bonchev–Trinajstić information content (AvgIpc) is 2.75. The van der Waals surface area contributed by atoms with Gasteiger partial charge in [-0.25, -0.2) is 0 Å². The molecule has 0 atom stereocenters. The standard InChI is InChI=1S/C12H6N2O2S/c15-17(16)13-11-8-5-1-3-7-4-2-6-9(10(7)8)12(11)14-17/h1-6H. The summed E-state index contributed by atoms with van der Waals surface area (Å²) in [4.78, 5) is 0. The second-order valence-corrected chi connectivity index (χ2v) is 5.30. The van der Waals surface area contributed by atoms with Gasteiger partial charge in [-0.2, -0.15) is 8.42 Å². The molecule has 0 radical (unpaired) electrons. The van der Waals surface area contributed by atoms with Gasteiger partial charge in [0.2, 0.25) is 0 Å². The highest BCUT2D eigenvalue weighted by molar-refractivity contribution is 7.89. The summed E-state index contributed by atoms with van der Waals surface area (Å²) < 4.78 is 30.2. The number of fused-ring (bicyclic) bond motifs is 3. The monoisotopic (exact) mass is 242 g/mol. The molecule has 0 saturated heterocycles. The third kappa shape index (κ3) is 1.04.